The maximum absolute atomic E-state index is 13.4. The van der Waals surface area contributed by atoms with E-state index in [0.717, 1.165) is 10.1 Å². The molecular formula is C19H11Cl2FN2O2S. The molecule has 4 rings (SSSR count). The first kappa shape index (κ1) is 18.0. The zero-order valence-corrected chi connectivity index (χ0v) is 16.0. The van der Waals surface area contributed by atoms with E-state index in [2.05, 4.69) is 4.98 Å². The molecule has 0 spiro atoms. The molecule has 0 saturated carbocycles. The smallest absolute Gasteiger partial charge is 0.298 e. The van der Waals surface area contributed by atoms with Crippen molar-refractivity contribution in [1.29, 1.82) is 0 Å². The van der Waals surface area contributed by atoms with Crippen LogP contribution in [0.15, 0.2) is 57.4 Å². The average Bonchev–Trinajstić information content (AvgIpc) is 3.05. The molecule has 0 atom stereocenters. The summed E-state index contributed by atoms with van der Waals surface area (Å²) >= 11 is 13.3. The van der Waals surface area contributed by atoms with Gasteiger partial charge < -0.3 is 0 Å². The number of hydrogen-bond donors (Lipinski definition) is 1. The molecule has 0 aliphatic rings. The van der Waals surface area contributed by atoms with E-state index in [1.807, 2.05) is 0 Å². The highest BCUT2D eigenvalue weighted by Gasteiger charge is 2.16. The highest BCUT2D eigenvalue weighted by molar-refractivity contribution is 7.17. The lowest BCUT2D eigenvalue weighted by Crippen LogP contribution is -2.35. The Morgan fingerprint density at radius 2 is 1.89 bits per heavy atom. The highest BCUT2D eigenvalue weighted by Crippen LogP contribution is 2.33. The van der Waals surface area contributed by atoms with Crippen LogP contribution in [0.4, 0.5) is 4.39 Å². The number of fused-ring (bicyclic) bond motifs is 1. The van der Waals surface area contributed by atoms with Gasteiger partial charge in [0.25, 0.3) is 5.56 Å². The first-order chi connectivity index (χ1) is 12.9. The molecule has 2 aromatic carbocycles. The summed E-state index contributed by atoms with van der Waals surface area (Å²) < 4.78 is 14.5. The molecular weight excluding hydrogens is 410 g/mol. The van der Waals surface area contributed by atoms with Crippen molar-refractivity contribution in [2.24, 2.45) is 0 Å². The van der Waals surface area contributed by atoms with E-state index in [9.17, 15) is 14.0 Å². The van der Waals surface area contributed by atoms with Crippen LogP contribution in [0.3, 0.4) is 0 Å². The fourth-order valence-electron chi connectivity index (χ4n) is 2.89. The Labute approximate surface area is 166 Å². The molecule has 2 aromatic heterocycles. The van der Waals surface area contributed by atoms with Gasteiger partial charge in [0.1, 0.15) is 10.6 Å². The third-order valence-corrected chi connectivity index (χ3v) is 5.81. The van der Waals surface area contributed by atoms with Gasteiger partial charge in [0.2, 0.25) is 0 Å². The van der Waals surface area contributed by atoms with Crippen molar-refractivity contribution in [3.63, 3.8) is 0 Å². The van der Waals surface area contributed by atoms with Crippen molar-refractivity contribution in [2.45, 2.75) is 6.54 Å². The SMILES string of the molecule is O=c1[nH]c2scc(-c3ccc(Cl)c(Cl)c3)c2c(=O)n1Cc1cccc(F)c1. The number of H-pyrrole nitrogens is 1. The second kappa shape index (κ2) is 6.96. The largest absolute Gasteiger partial charge is 0.329 e. The average molecular weight is 421 g/mol. The summed E-state index contributed by atoms with van der Waals surface area (Å²) in [6.07, 6.45) is 0. The molecule has 2 heterocycles. The lowest BCUT2D eigenvalue weighted by Gasteiger charge is -2.07. The fourth-order valence-corrected chi connectivity index (χ4v) is 4.14. The molecule has 4 nitrogen and oxygen atoms in total. The number of thiophene rings is 1. The molecule has 8 heteroatoms. The number of halogens is 3. The minimum atomic E-state index is -0.542. The predicted molar refractivity (Wildman–Crippen MR) is 108 cm³/mol. The van der Waals surface area contributed by atoms with Gasteiger partial charge in [-0.15, -0.1) is 11.3 Å². The summed E-state index contributed by atoms with van der Waals surface area (Å²) in [4.78, 5) is 28.6. The van der Waals surface area contributed by atoms with E-state index in [4.69, 9.17) is 23.2 Å². The Morgan fingerprint density at radius 1 is 1.07 bits per heavy atom. The van der Waals surface area contributed by atoms with Crippen LogP contribution in [0.1, 0.15) is 5.56 Å². The van der Waals surface area contributed by atoms with Crippen LogP contribution >= 0.6 is 34.5 Å². The second-order valence-electron chi connectivity index (χ2n) is 5.93. The number of aromatic amines is 1. The Morgan fingerprint density at radius 3 is 2.63 bits per heavy atom. The molecule has 136 valence electrons. The summed E-state index contributed by atoms with van der Waals surface area (Å²) in [5.41, 5.74) is 0.910. The summed E-state index contributed by atoms with van der Waals surface area (Å²) in [5, 5.41) is 2.96. The Balaban J connectivity index is 1.90. The van der Waals surface area contributed by atoms with Crippen LogP contribution < -0.4 is 11.2 Å². The Hall–Kier alpha value is -2.41. The molecule has 0 aliphatic carbocycles. The molecule has 0 radical (unpaired) electrons. The summed E-state index contributed by atoms with van der Waals surface area (Å²) in [6.45, 7) is -0.0292. The van der Waals surface area contributed by atoms with Gasteiger partial charge in [0.15, 0.2) is 0 Å². The minimum Gasteiger partial charge on any atom is -0.298 e. The number of nitrogens with zero attached hydrogens (tertiary/aromatic N) is 1. The van der Waals surface area contributed by atoms with Crippen molar-refractivity contribution >= 4 is 44.8 Å². The van der Waals surface area contributed by atoms with Gasteiger partial charge in [0.05, 0.1) is 22.0 Å². The second-order valence-corrected chi connectivity index (χ2v) is 7.63. The van der Waals surface area contributed by atoms with Crippen LogP contribution in [0.2, 0.25) is 10.0 Å². The normalized spacial score (nSPS) is 11.2. The van der Waals surface area contributed by atoms with Crippen LogP contribution in [-0.4, -0.2) is 9.55 Å². The molecule has 0 amide bonds. The van der Waals surface area contributed by atoms with Crippen molar-refractivity contribution in [1.82, 2.24) is 9.55 Å². The third-order valence-electron chi connectivity index (χ3n) is 4.18. The molecule has 0 aliphatic heterocycles. The fraction of sp³-hybridized carbons (Fsp3) is 0.0526. The quantitative estimate of drug-likeness (QED) is 0.511. The van der Waals surface area contributed by atoms with Crippen LogP contribution in [0.25, 0.3) is 21.3 Å². The molecule has 0 saturated heterocycles. The van der Waals surface area contributed by atoms with Gasteiger partial charge in [0, 0.05) is 10.9 Å². The number of rotatable bonds is 3. The number of benzene rings is 2. The predicted octanol–water partition coefficient (Wildman–Crippen LogP) is 4.91. The summed E-state index contributed by atoms with van der Waals surface area (Å²) in [5.74, 6) is -0.426. The van der Waals surface area contributed by atoms with Gasteiger partial charge in [-0.3, -0.25) is 14.3 Å². The van der Waals surface area contributed by atoms with E-state index < -0.39 is 17.1 Å². The maximum Gasteiger partial charge on any atom is 0.329 e. The van der Waals surface area contributed by atoms with Crippen molar-refractivity contribution < 1.29 is 4.39 Å². The minimum absolute atomic E-state index is 0.0292. The summed E-state index contributed by atoms with van der Waals surface area (Å²) in [6, 6.07) is 10.9. The molecule has 0 bridgehead atoms. The maximum atomic E-state index is 13.4. The lowest BCUT2D eigenvalue weighted by molar-refractivity contribution is 0.621. The molecule has 4 aromatic rings. The van der Waals surface area contributed by atoms with E-state index in [0.29, 0.717) is 31.4 Å². The topological polar surface area (TPSA) is 54.9 Å². The van der Waals surface area contributed by atoms with Crippen molar-refractivity contribution in [3.8, 4) is 11.1 Å². The molecule has 27 heavy (non-hydrogen) atoms. The van der Waals surface area contributed by atoms with Crippen LogP contribution in [0, 0.1) is 5.82 Å². The monoisotopic (exact) mass is 420 g/mol. The zero-order valence-electron chi connectivity index (χ0n) is 13.6. The van der Waals surface area contributed by atoms with Gasteiger partial charge >= 0.3 is 5.69 Å². The van der Waals surface area contributed by atoms with E-state index in [1.54, 1.807) is 29.6 Å². The number of aromatic nitrogens is 2. The van der Waals surface area contributed by atoms with Gasteiger partial charge in [-0.25, -0.2) is 9.18 Å². The number of hydrogen-bond acceptors (Lipinski definition) is 3. The Bertz CT molecular complexity index is 1290. The Kier molecular flexibility index (Phi) is 4.63. The van der Waals surface area contributed by atoms with Crippen LogP contribution in [-0.2, 0) is 6.54 Å². The number of nitrogens with one attached hydrogen (secondary N) is 1. The standard InChI is InChI=1S/C19H11Cl2FN2O2S/c20-14-5-4-11(7-15(14)21)13-9-27-17-16(13)18(25)24(19(26)23-17)8-10-2-1-3-12(22)6-10/h1-7,9H,8H2,(H,23,26). The van der Waals surface area contributed by atoms with E-state index in [-0.39, 0.29) is 6.54 Å². The van der Waals surface area contributed by atoms with E-state index in [1.165, 1.54) is 29.5 Å². The van der Waals surface area contributed by atoms with Crippen molar-refractivity contribution in [3.05, 3.63) is 90.1 Å². The molecule has 1 N–H and O–H groups in total. The van der Waals surface area contributed by atoms with Gasteiger partial charge in [-0.05, 0) is 35.4 Å². The van der Waals surface area contributed by atoms with Crippen LogP contribution in [0.5, 0.6) is 0 Å². The first-order valence-electron chi connectivity index (χ1n) is 7.88. The first-order valence-corrected chi connectivity index (χ1v) is 9.52. The third kappa shape index (κ3) is 3.32. The zero-order chi connectivity index (χ0) is 19.1. The molecule has 0 fully saturated rings. The lowest BCUT2D eigenvalue weighted by atomic mass is 10.1. The summed E-state index contributed by atoms with van der Waals surface area (Å²) in [7, 11) is 0. The highest BCUT2D eigenvalue weighted by atomic mass is 35.5. The van der Waals surface area contributed by atoms with Crippen molar-refractivity contribution in [2.75, 3.05) is 0 Å². The van der Waals surface area contributed by atoms with Gasteiger partial charge in [-0.2, -0.15) is 0 Å². The molecule has 0 unspecified atom stereocenters. The van der Waals surface area contributed by atoms with Gasteiger partial charge in [-0.1, -0.05) is 41.4 Å². The van der Waals surface area contributed by atoms with E-state index >= 15 is 0 Å².